The Hall–Kier alpha value is -1.87. The number of anilines is 1. The van der Waals surface area contributed by atoms with Crippen LogP contribution in [0.15, 0.2) is 6.20 Å². The highest BCUT2D eigenvalue weighted by molar-refractivity contribution is 5.93. The minimum Gasteiger partial charge on any atom is -0.378 e. The van der Waals surface area contributed by atoms with E-state index in [2.05, 4.69) is 15.5 Å². The van der Waals surface area contributed by atoms with Gasteiger partial charge in [-0.05, 0) is 13.3 Å². The van der Waals surface area contributed by atoms with Crippen molar-refractivity contribution < 1.29 is 9.53 Å². The molecule has 0 bridgehead atoms. The van der Waals surface area contributed by atoms with Gasteiger partial charge in [0.1, 0.15) is 17.5 Å². The molecule has 2 heterocycles. The van der Waals surface area contributed by atoms with Crippen molar-refractivity contribution in [2.45, 2.75) is 19.4 Å². The van der Waals surface area contributed by atoms with E-state index in [9.17, 15) is 4.79 Å². The van der Waals surface area contributed by atoms with Crippen LogP contribution in [0.1, 0.15) is 18.9 Å². The van der Waals surface area contributed by atoms with Crippen LogP contribution in [0.4, 0.5) is 5.82 Å². The van der Waals surface area contributed by atoms with Crippen molar-refractivity contribution in [3.63, 3.8) is 0 Å². The van der Waals surface area contributed by atoms with Gasteiger partial charge in [-0.1, -0.05) is 0 Å². The first-order valence-corrected chi connectivity index (χ1v) is 5.08. The molecule has 0 radical (unpaired) electrons. The van der Waals surface area contributed by atoms with Crippen molar-refractivity contribution in [1.82, 2.24) is 10.2 Å². The number of rotatable bonds is 2. The highest BCUT2D eigenvalue weighted by Crippen LogP contribution is 2.22. The zero-order valence-electron chi connectivity index (χ0n) is 8.86. The molecule has 2 rings (SSSR count). The molecular weight excluding hydrogens is 208 g/mol. The zero-order chi connectivity index (χ0) is 11.5. The van der Waals surface area contributed by atoms with E-state index < -0.39 is 0 Å². The van der Waals surface area contributed by atoms with Crippen LogP contribution in [0.2, 0.25) is 0 Å². The van der Waals surface area contributed by atoms with Gasteiger partial charge in [-0.25, -0.2) is 0 Å². The summed E-state index contributed by atoms with van der Waals surface area (Å²) in [6.45, 7) is 2.47. The summed E-state index contributed by atoms with van der Waals surface area (Å²) in [6, 6.07) is 1.94. The smallest absolute Gasteiger partial charge is 0.231 e. The maximum atomic E-state index is 11.8. The molecule has 2 N–H and O–H groups in total. The molecule has 0 aliphatic carbocycles. The minimum absolute atomic E-state index is 0.0755. The van der Waals surface area contributed by atoms with Crippen molar-refractivity contribution in [1.29, 1.82) is 5.26 Å². The molecule has 84 valence electrons. The van der Waals surface area contributed by atoms with E-state index in [4.69, 9.17) is 10.00 Å². The Labute approximate surface area is 92.6 Å². The Morgan fingerprint density at radius 1 is 1.81 bits per heavy atom. The SMILES string of the molecule is CC1OCCC1C(=O)Nc1[nH]ncc1C#N. The molecule has 0 aromatic carbocycles. The van der Waals surface area contributed by atoms with Crippen molar-refractivity contribution in [2.75, 3.05) is 11.9 Å². The number of aromatic nitrogens is 2. The van der Waals surface area contributed by atoms with Crippen molar-refractivity contribution in [3.8, 4) is 6.07 Å². The van der Waals surface area contributed by atoms with Gasteiger partial charge >= 0.3 is 0 Å². The number of amides is 1. The quantitative estimate of drug-likeness (QED) is 0.765. The molecule has 6 heteroatoms. The number of nitriles is 1. The number of nitrogens with one attached hydrogen (secondary N) is 2. The summed E-state index contributed by atoms with van der Waals surface area (Å²) >= 11 is 0. The molecule has 2 unspecified atom stereocenters. The maximum Gasteiger partial charge on any atom is 0.231 e. The van der Waals surface area contributed by atoms with E-state index in [1.807, 2.05) is 13.0 Å². The highest BCUT2D eigenvalue weighted by Gasteiger charge is 2.31. The normalized spacial score (nSPS) is 24.0. The van der Waals surface area contributed by atoms with Gasteiger partial charge in [-0.2, -0.15) is 10.4 Å². The second-order valence-electron chi connectivity index (χ2n) is 3.73. The van der Waals surface area contributed by atoms with E-state index in [-0.39, 0.29) is 17.9 Å². The lowest BCUT2D eigenvalue weighted by Gasteiger charge is -2.12. The molecule has 0 spiro atoms. The molecule has 1 aliphatic heterocycles. The third kappa shape index (κ3) is 1.90. The zero-order valence-corrected chi connectivity index (χ0v) is 8.86. The lowest BCUT2D eigenvalue weighted by Crippen LogP contribution is -2.28. The number of nitrogens with zero attached hydrogens (tertiary/aromatic N) is 2. The lowest BCUT2D eigenvalue weighted by molar-refractivity contribution is -0.121. The molecule has 2 atom stereocenters. The van der Waals surface area contributed by atoms with E-state index in [0.29, 0.717) is 24.4 Å². The van der Waals surface area contributed by atoms with Gasteiger partial charge in [0.25, 0.3) is 0 Å². The second-order valence-corrected chi connectivity index (χ2v) is 3.73. The molecule has 1 aromatic rings. The van der Waals surface area contributed by atoms with Crippen LogP contribution < -0.4 is 5.32 Å². The average Bonchev–Trinajstić information content (AvgIpc) is 2.86. The summed E-state index contributed by atoms with van der Waals surface area (Å²) < 4.78 is 5.31. The number of H-pyrrole nitrogens is 1. The van der Waals surface area contributed by atoms with Crippen LogP contribution in [0.5, 0.6) is 0 Å². The summed E-state index contributed by atoms with van der Waals surface area (Å²) in [6.07, 6.45) is 2.01. The lowest BCUT2D eigenvalue weighted by atomic mass is 10.0. The topological polar surface area (TPSA) is 90.8 Å². The summed E-state index contributed by atoms with van der Waals surface area (Å²) in [7, 11) is 0. The third-order valence-electron chi connectivity index (χ3n) is 2.72. The standard InChI is InChI=1S/C10H12N4O2/c1-6-8(2-3-16-6)10(15)13-9-7(4-11)5-12-14-9/h5-6,8H,2-3H2,1H3,(H2,12,13,14,15). The van der Waals surface area contributed by atoms with Crippen LogP contribution in [0.25, 0.3) is 0 Å². The van der Waals surface area contributed by atoms with E-state index >= 15 is 0 Å². The first-order valence-electron chi connectivity index (χ1n) is 5.08. The molecule has 1 saturated heterocycles. The number of carbonyl (C=O) groups excluding carboxylic acids is 1. The van der Waals surface area contributed by atoms with Gasteiger partial charge in [0, 0.05) is 6.61 Å². The fraction of sp³-hybridized carbons (Fsp3) is 0.500. The Morgan fingerprint density at radius 2 is 2.62 bits per heavy atom. The van der Waals surface area contributed by atoms with Crippen LogP contribution >= 0.6 is 0 Å². The average molecular weight is 220 g/mol. The summed E-state index contributed by atoms with van der Waals surface area (Å²) in [5.74, 6) is 0.0622. The predicted molar refractivity (Wildman–Crippen MR) is 55.5 cm³/mol. The van der Waals surface area contributed by atoms with Crippen LogP contribution in [0, 0.1) is 17.2 Å². The van der Waals surface area contributed by atoms with Crippen molar-refractivity contribution >= 4 is 11.7 Å². The first kappa shape index (κ1) is 10.6. The Balaban J connectivity index is 2.05. The fourth-order valence-corrected chi connectivity index (χ4v) is 1.76. The van der Waals surface area contributed by atoms with Crippen LogP contribution in [0.3, 0.4) is 0 Å². The van der Waals surface area contributed by atoms with Gasteiger partial charge < -0.3 is 10.1 Å². The van der Waals surface area contributed by atoms with Gasteiger partial charge in [-0.3, -0.25) is 9.89 Å². The Bertz CT molecular complexity index is 434. The fourth-order valence-electron chi connectivity index (χ4n) is 1.76. The van der Waals surface area contributed by atoms with Gasteiger partial charge in [0.2, 0.25) is 5.91 Å². The first-order chi connectivity index (χ1) is 7.72. The summed E-state index contributed by atoms with van der Waals surface area (Å²) in [5, 5.41) is 17.7. The molecule has 6 nitrogen and oxygen atoms in total. The van der Waals surface area contributed by atoms with Crippen LogP contribution in [-0.4, -0.2) is 28.8 Å². The number of aromatic amines is 1. The second kappa shape index (κ2) is 4.33. The van der Waals surface area contributed by atoms with Crippen molar-refractivity contribution in [2.24, 2.45) is 5.92 Å². The van der Waals surface area contributed by atoms with Gasteiger partial charge in [-0.15, -0.1) is 0 Å². The number of hydrogen-bond donors (Lipinski definition) is 2. The largest absolute Gasteiger partial charge is 0.378 e. The highest BCUT2D eigenvalue weighted by atomic mass is 16.5. The predicted octanol–water partition coefficient (Wildman–Crippen LogP) is 0.645. The molecule has 16 heavy (non-hydrogen) atoms. The third-order valence-corrected chi connectivity index (χ3v) is 2.72. The minimum atomic E-state index is -0.158. The van der Waals surface area contributed by atoms with Crippen LogP contribution in [-0.2, 0) is 9.53 Å². The van der Waals surface area contributed by atoms with Crippen molar-refractivity contribution in [3.05, 3.63) is 11.8 Å². The van der Waals surface area contributed by atoms with E-state index in [0.717, 1.165) is 0 Å². The van der Waals surface area contributed by atoms with E-state index in [1.165, 1.54) is 6.20 Å². The number of hydrogen-bond acceptors (Lipinski definition) is 4. The summed E-state index contributed by atoms with van der Waals surface area (Å²) in [5.41, 5.74) is 0.333. The summed E-state index contributed by atoms with van der Waals surface area (Å²) in [4.78, 5) is 11.8. The number of carbonyl (C=O) groups is 1. The van der Waals surface area contributed by atoms with E-state index in [1.54, 1.807) is 0 Å². The molecule has 1 amide bonds. The maximum absolute atomic E-state index is 11.8. The molecule has 1 fully saturated rings. The molecule has 1 aliphatic rings. The monoisotopic (exact) mass is 220 g/mol. The van der Waals surface area contributed by atoms with Gasteiger partial charge in [0.05, 0.1) is 18.2 Å². The Kier molecular flexibility index (Phi) is 2.88. The van der Waals surface area contributed by atoms with Gasteiger partial charge in [0.15, 0.2) is 0 Å². The molecular formula is C10H12N4O2. The number of ether oxygens (including phenoxy) is 1. The molecule has 1 aromatic heterocycles. The molecule has 0 saturated carbocycles. The Morgan fingerprint density at radius 3 is 3.25 bits per heavy atom.